The van der Waals surface area contributed by atoms with Crippen LogP contribution in [0, 0.1) is 0 Å². The maximum Gasteiger partial charge on any atom is 0.257 e. The van der Waals surface area contributed by atoms with Gasteiger partial charge in [-0.25, -0.2) is 0 Å². The number of hydrogen-bond acceptors (Lipinski definition) is 5. The van der Waals surface area contributed by atoms with Gasteiger partial charge in [0.1, 0.15) is 5.70 Å². The summed E-state index contributed by atoms with van der Waals surface area (Å²) in [7, 11) is 3.23. The number of aromatic hydroxyl groups is 1. The standard InChI is InChI=1S/C22H25N3O3/c1-5-16(14-9-6-7-10-14)23-18-13(2)20(26)19(18)24-17-12-8-11-15(21(17)27)22(28)25(3)4/h6-9,11-12,16,23-24,27H,2,5,10H2,1,3-4H3. The van der Waals surface area contributed by atoms with Gasteiger partial charge >= 0.3 is 0 Å². The number of Topliss-reactive ketones (excluding diaryl/α,β-unsaturated/α-hetero) is 1. The van der Waals surface area contributed by atoms with Crippen LogP contribution in [0.1, 0.15) is 30.1 Å². The molecule has 0 saturated carbocycles. The monoisotopic (exact) mass is 379 g/mol. The van der Waals surface area contributed by atoms with E-state index in [1.165, 1.54) is 10.5 Å². The van der Waals surface area contributed by atoms with Crippen LogP contribution in [0.15, 0.2) is 65.5 Å². The molecular formula is C22H25N3O3. The third-order valence-corrected chi connectivity index (χ3v) is 4.96. The smallest absolute Gasteiger partial charge is 0.257 e. The number of rotatable bonds is 7. The number of hydrogen-bond donors (Lipinski definition) is 3. The van der Waals surface area contributed by atoms with Crippen LogP contribution in [-0.4, -0.2) is 41.8 Å². The summed E-state index contributed by atoms with van der Waals surface area (Å²) in [6.07, 6.45) is 7.96. The summed E-state index contributed by atoms with van der Waals surface area (Å²) >= 11 is 0. The Labute approximate surface area is 164 Å². The van der Waals surface area contributed by atoms with Crippen molar-refractivity contribution >= 4 is 17.4 Å². The summed E-state index contributed by atoms with van der Waals surface area (Å²) < 4.78 is 0. The number of carbonyl (C=O) groups is 2. The van der Waals surface area contributed by atoms with Crippen LogP contribution in [0.2, 0.25) is 0 Å². The van der Waals surface area contributed by atoms with E-state index in [1.807, 2.05) is 6.08 Å². The first kappa shape index (κ1) is 19.5. The van der Waals surface area contributed by atoms with Crippen molar-refractivity contribution in [1.29, 1.82) is 0 Å². The molecule has 0 aliphatic heterocycles. The maximum atomic E-state index is 12.4. The number of nitrogens with zero attached hydrogens (tertiary/aromatic N) is 1. The van der Waals surface area contributed by atoms with E-state index in [9.17, 15) is 14.7 Å². The molecule has 146 valence electrons. The van der Waals surface area contributed by atoms with E-state index < -0.39 is 0 Å². The molecule has 0 saturated heterocycles. The van der Waals surface area contributed by atoms with Crippen LogP contribution in [0.25, 0.3) is 0 Å². The van der Waals surface area contributed by atoms with Gasteiger partial charge in [-0.05, 0) is 30.5 Å². The molecule has 28 heavy (non-hydrogen) atoms. The molecule has 1 unspecified atom stereocenters. The number of benzene rings is 1. The highest BCUT2D eigenvalue weighted by Gasteiger charge is 2.34. The molecular weight excluding hydrogens is 354 g/mol. The van der Waals surface area contributed by atoms with Gasteiger partial charge in [0.05, 0.1) is 16.9 Å². The van der Waals surface area contributed by atoms with Gasteiger partial charge in [-0.1, -0.05) is 37.8 Å². The molecule has 0 heterocycles. The van der Waals surface area contributed by atoms with Crippen molar-refractivity contribution in [3.8, 4) is 5.75 Å². The molecule has 1 atom stereocenters. The Hall–Kier alpha value is -3.28. The van der Waals surface area contributed by atoms with Crippen molar-refractivity contribution in [1.82, 2.24) is 10.2 Å². The van der Waals surface area contributed by atoms with Crippen molar-refractivity contribution in [3.05, 3.63) is 71.1 Å². The maximum absolute atomic E-state index is 12.4. The lowest BCUT2D eigenvalue weighted by atomic mass is 9.90. The number of allylic oxidation sites excluding steroid dienone is 5. The molecule has 6 heteroatoms. The number of amides is 1. The average Bonchev–Trinajstić information content (AvgIpc) is 3.22. The number of phenolic OH excluding ortho intramolecular Hbond substituents is 1. The van der Waals surface area contributed by atoms with Gasteiger partial charge in [-0.2, -0.15) is 0 Å². The van der Waals surface area contributed by atoms with E-state index in [4.69, 9.17) is 0 Å². The molecule has 2 aliphatic carbocycles. The largest absolute Gasteiger partial charge is 0.505 e. The summed E-state index contributed by atoms with van der Waals surface area (Å²) in [6.45, 7) is 5.93. The van der Waals surface area contributed by atoms with Crippen LogP contribution in [0.5, 0.6) is 5.75 Å². The fraction of sp³-hybridized carbons (Fsp3) is 0.273. The van der Waals surface area contributed by atoms with E-state index in [-0.39, 0.29) is 29.0 Å². The summed E-state index contributed by atoms with van der Waals surface area (Å²) in [5, 5.41) is 16.9. The molecule has 1 aromatic rings. The quantitative estimate of drug-likeness (QED) is 0.501. The third kappa shape index (κ3) is 3.45. The first-order chi connectivity index (χ1) is 13.3. The Morgan fingerprint density at radius 1 is 1.32 bits per heavy atom. The Bertz CT molecular complexity index is 938. The minimum Gasteiger partial charge on any atom is -0.505 e. The van der Waals surface area contributed by atoms with Crippen LogP contribution in [0.3, 0.4) is 0 Å². The van der Waals surface area contributed by atoms with Crippen molar-refractivity contribution in [2.24, 2.45) is 0 Å². The second-order valence-corrected chi connectivity index (χ2v) is 7.06. The van der Waals surface area contributed by atoms with Crippen LogP contribution >= 0.6 is 0 Å². The average molecular weight is 379 g/mol. The van der Waals surface area contributed by atoms with Crippen molar-refractivity contribution in [3.63, 3.8) is 0 Å². The minimum atomic E-state index is -0.315. The fourth-order valence-corrected chi connectivity index (χ4v) is 3.29. The molecule has 0 radical (unpaired) electrons. The Morgan fingerprint density at radius 2 is 2.07 bits per heavy atom. The van der Waals surface area contributed by atoms with Crippen LogP contribution in [-0.2, 0) is 4.79 Å². The van der Waals surface area contributed by atoms with Gasteiger partial charge in [0.15, 0.2) is 5.75 Å². The SMILES string of the molecule is C=C1C(=O)C(Nc2cccc(C(=O)N(C)C)c2O)=C1NC(CC)C1=CC=CC1. The van der Waals surface area contributed by atoms with Gasteiger partial charge in [-0.3, -0.25) is 9.59 Å². The zero-order chi connectivity index (χ0) is 20.4. The highest BCUT2D eigenvalue weighted by molar-refractivity contribution is 6.21. The summed E-state index contributed by atoms with van der Waals surface area (Å²) in [4.78, 5) is 26.0. The number of ketones is 1. The number of para-hydroxylation sites is 1. The molecule has 0 fully saturated rings. The fourth-order valence-electron chi connectivity index (χ4n) is 3.29. The van der Waals surface area contributed by atoms with Gasteiger partial charge in [0.2, 0.25) is 5.78 Å². The molecule has 0 aromatic heterocycles. The van der Waals surface area contributed by atoms with E-state index in [1.54, 1.807) is 32.3 Å². The van der Waals surface area contributed by atoms with E-state index in [2.05, 4.69) is 36.3 Å². The Balaban J connectivity index is 1.87. The van der Waals surface area contributed by atoms with Gasteiger partial charge in [0.25, 0.3) is 5.91 Å². The second kappa shape index (κ2) is 7.76. The lowest BCUT2D eigenvalue weighted by molar-refractivity contribution is -0.113. The van der Waals surface area contributed by atoms with E-state index in [0.717, 1.165) is 12.8 Å². The van der Waals surface area contributed by atoms with Crippen molar-refractivity contribution in [2.45, 2.75) is 25.8 Å². The highest BCUT2D eigenvalue weighted by atomic mass is 16.3. The second-order valence-electron chi connectivity index (χ2n) is 7.06. The minimum absolute atomic E-state index is 0.0990. The summed E-state index contributed by atoms with van der Waals surface area (Å²) in [5.74, 6) is -0.711. The van der Waals surface area contributed by atoms with Crippen LogP contribution in [0.4, 0.5) is 5.69 Å². The first-order valence-electron chi connectivity index (χ1n) is 9.26. The molecule has 6 nitrogen and oxygen atoms in total. The predicted octanol–water partition coefficient (Wildman–Crippen LogP) is 3.11. The van der Waals surface area contributed by atoms with E-state index in [0.29, 0.717) is 22.7 Å². The Kier molecular flexibility index (Phi) is 5.40. The number of anilines is 1. The molecule has 0 bridgehead atoms. The number of carbonyl (C=O) groups excluding carboxylic acids is 2. The molecule has 1 aromatic carbocycles. The zero-order valence-corrected chi connectivity index (χ0v) is 16.4. The Morgan fingerprint density at radius 3 is 2.68 bits per heavy atom. The molecule has 1 amide bonds. The van der Waals surface area contributed by atoms with Gasteiger partial charge in [-0.15, -0.1) is 0 Å². The normalized spacial score (nSPS) is 16.6. The van der Waals surface area contributed by atoms with Crippen molar-refractivity contribution in [2.75, 3.05) is 19.4 Å². The third-order valence-electron chi connectivity index (χ3n) is 4.96. The molecule has 3 rings (SSSR count). The van der Waals surface area contributed by atoms with E-state index >= 15 is 0 Å². The highest BCUT2D eigenvalue weighted by Crippen LogP contribution is 2.35. The predicted molar refractivity (Wildman–Crippen MR) is 110 cm³/mol. The van der Waals surface area contributed by atoms with Crippen LogP contribution < -0.4 is 10.6 Å². The van der Waals surface area contributed by atoms with Gasteiger partial charge < -0.3 is 20.6 Å². The molecule has 3 N–H and O–H groups in total. The summed E-state index contributed by atoms with van der Waals surface area (Å²) in [5.41, 5.74) is 3.13. The number of phenols is 1. The molecule has 2 aliphatic rings. The summed E-state index contributed by atoms with van der Waals surface area (Å²) in [6, 6.07) is 4.93. The first-order valence-corrected chi connectivity index (χ1v) is 9.26. The number of nitrogens with one attached hydrogen (secondary N) is 2. The lowest BCUT2D eigenvalue weighted by Crippen LogP contribution is -2.40. The topological polar surface area (TPSA) is 81.7 Å². The molecule has 0 spiro atoms. The van der Waals surface area contributed by atoms with Crippen molar-refractivity contribution < 1.29 is 14.7 Å². The lowest BCUT2D eigenvalue weighted by Gasteiger charge is -2.31. The zero-order valence-electron chi connectivity index (χ0n) is 16.4. The van der Waals surface area contributed by atoms with Gasteiger partial charge in [0, 0.05) is 25.7 Å².